The molecule has 0 aliphatic heterocycles. The average molecular weight is 289 g/mol. The largest absolute Gasteiger partial charge is 0.496 e. The van der Waals surface area contributed by atoms with Gasteiger partial charge in [-0.25, -0.2) is 5.84 Å². The highest BCUT2D eigenvalue weighted by Gasteiger charge is 2.15. The molecule has 0 atom stereocenters. The predicted octanol–water partition coefficient (Wildman–Crippen LogP) is 1.52. The van der Waals surface area contributed by atoms with Crippen LogP contribution in [-0.2, 0) is 13.1 Å². The number of hydrogen-bond acceptors (Lipinski definition) is 5. The van der Waals surface area contributed by atoms with Crippen molar-refractivity contribution < 1.29 is 13.9 Å². The summed E-state index contributed by atoms with van der Waals surface area (Å²) in [7, 11) is 3.59. The highest BCUT2D eigenvalue weighted by atomic mass is 16.5. The topological polar surface area (TPSA) is 80.7 Å². The van der Waals surface area contributed by atoms with Crippen LogP contribution in [0.15, 0.2) is 41.0 Å². The average Bonchev–Trinajstić information content (AvgIpc) is 2.95. The Hall–Kier alpha value is -2.31. The Morgan fingerprint density at radius 1 is 1.33 bits per heavy atom. The highest BCUT2D eigenvalue weighted by molar-refractivity contribution is 5.94. The maximum atomic E-state index is 11.6. The van der Waals surface area contributed by atoms with E-state index in [0.717, 1.165) is 11.3 Å². The van der Waals surface area contributed by atoms with Crippen LogP contribution in [0.5, 0.6) is 5.75 Å². The molecule has 0 unspecified atom stereocenters. The molecular weight excluding hydrogens is 270 g/mol. The van der Waals surface area contributed by atoms with E-state index < -0.39 is 0 Å². The standard InChI is InChI=1S/C15H19N3O3/c1-18(9-11-5-3-4-6-13(11)20-2)10-14-12(7-8-21-14)15(19)17-16/h3-8H,9-10,16H2,1-2H3,(H,17,19). The monoisotopic (exact) mass is 289 g/mol. The highest BCUT2D eigenvalue weighted by Crippen LogP contribution is 2.20. The summed E-state index contributed by atoms with van der Waals surface area (Å²) in [6.07, 6.45) is 1.48. The maximum Gasteiger partial charge on any atom is 0.268 e. The molecule has 1 amide bonds. The number of hydrogen-bond donors (Lipinski definition) is 2. The fourth-order valence-electron chi connectivity index (χ4n) is 2.17. The van der Waals surface area contributed by atoms with E-state index in [1.54, 1.807) is 13.2 Å². The molecule has 21 heavy (non-hydrogen) atoms. The van der Waals surface area contributed by atoms with Crippen LogP contribution >= 0.6 is 0 Å². The molecule has 2 aromatic rings. The SMILES string of the molecule is COc1ccccc1CN(C)Cc1occc1C(=O)NN. The summed E-state index contributed by atoms with van der Waals surface area (Å²) in [6.45, 7) is 1.17. The lowest BCUT2D eigenvalue weighted by Gasteiger charge is -2.17. The third-order valence-electron chi connectivity index (χ3n) is 3.17. The molecule has 0 spiro atoms. The molecule has 112 valence electrons. The van der Waals surface area contributed by atoms with Crippen molar-refractivity contribution in [1.29, 1.82) is 0 Å². The maximum absolute atomic E-state index is 11.6. The lowest BCUT2D eigenvalue weighted by molar-refractivity contribution is 0.0950. The number of ether oxygens (including phenoxy) is 1. The number of benzene rings is 1. The second-order valence-electron chi connectivity index (χ2n) is 4.72. The first kappa shape index (κ1) is 15.1. The molecule has 2 rings (SSSR count). The Kier molecular flexibility index (Phi) is 4.97. The van der Waals surface area contributed by atoms with Crippen molar-refractivity contribution in [3.05, 3.63) is 53.5 Å². The Bertz CT molecular complexity index is 610. The Morgan fingerprint density at radius 2 is 2.10 bits per heavy atom. The Labute approximate surface area is 123 Å². The minimum absolute atomic E-state index is 0.357. The lowest BCUT2D eigenvalue weighted by atomic mass is 10.1. The molecule has 0 saturated heterocycles. The van der Waals surface area contributed by atoms with Crippen molar-refractivity contribution in [2.24, 2.45) is 5.84 Å². The van der Waals surface area contributed by atoms with E-state index in [1.165, 1.54) is 6.26 Å². The van der Waals surface area contributed by atoms with E-state index in [1.807, 2.05) is 36.2 Å². The molecule has 6 heteroatoms. The van der Waals surface area contributed by atoms with Crippen LogP contribution in [0.3, 0.4) is 0 Å². The van der Waals surface area contributed by atoms with Gasteiger partial charge in [-0.2, -0.15) is 0 Å². The van der Waals surface area contributed by atoms with Gasteiger partial charge in [0.05, 0.1) is 25.5 Å². The van der Waals surface area contributed by atoms with Gasteiger partial charge in [-0.1, -0.05) is 18.2 Å². The van der Waals surface area contributed by atoms with Gasteiger partial charge in [-0.15, -0.1) is 0 Å². The van der Waals surface area contributed by atoms with Crippen LogP contribution < -0.4 is 16.0 Å². The normalized spacial score (nSPS) is 10.7. The van der Waals surface area contributed by atoms with Crippen LogP contribution in [0.2, 0.25) is 0 Å². The van der Waals surface area contributed by atoms with Crippen molar-refractivity contribution in [2.75, 3.05) is 14.2 Å². The molecular formula is C15H19N3O3. The van der Waals surface area contributed by atoms with E-state index in [2.05, 4.69) is 5.43 Å². The fourth-order valence-corrected chi connectivity index (χ4v) is 2.17. The second-order valence-corrected chi connectivity index (χ2v) is 4.72. The number of furan rings is 1. The summed E-state index contributed by atoms with van der Waals surface area (Å²) in [5.41, 5.74) is 3.63. The number of nitrogens with zero attached hydrogens (tertiary/aromatic N) is 1. The van der Waals surface area contributed by atoms with E-state index >= 15 is 0 Å². The number of amides is 1. The molecule has 0 radical (unpaired) electrons. The van der Waals surface area contributed by atoms with E-state index in [-0.39, 0.29) is 5.91 Å². The summed E-state index contributed by atoms with van der Waals surface area (Å²) in [6, 6.07) is 9.42. The van der Waals surface area contributed by atoms with Gasteiger partial charge in [-0.05, 0) is 19.2 Å². The number of nitrogen functional groups attached to an aromatic ring is 1. The van der Waals surface area contributed by atoms with E-state index in [0.29, 0.717) is 24.4 Å². The van der Waals surface area contributed by atoms with Gasteiger partial charge in [0.1, 0.15) is 11.5 Å². The molecule has 3 N–H and O–H groups in total. The van der Waals surface area contributed by atoms with Crippen molar-refractivity contribution in [3.63, 3.8) is 0 Å². The zero-order chi connectivity index (χ0) is 15.2. The van der Waals surface area contributed by atoms with Crippen molar-refractivity contribution in [1.82, 2.24) is 10.3 Å². The number of methoxy groups -OCH3 is 1. The van der Waals surface area contributed by atoms with Crippen LogP contribution in [0.1, 0.15) is 21.7 Å². The molecule has 6 nitrogen and oxygen atoms in total. The zero-order valence-electron chi connectivity index (χ0n) is 12.1. The third-order valence-corrected chi connectivity index (χ3v) is 3.17. The lowest BCUT2D eigenvalue weighted by Crippen LogP contribution is -2.31. The third kappa shape index (κ3) is 3.62. The number of rotatable bonds is 6. The number of carbonyl (C=O) groups excluding carboxylic acids is 1. The first-order valence-electron chi connectivity index (χ1n) is 6.53. The molecule has 1 aromatic heterocycles. The fraction of sp³-hybridized carbons (Fsp3) is 0.267. The van der Waals surface area contributed by atoms with Gasteiger partial charge < -0.3 is 9.15 Å². The molecule has 0 saturated carbocycles. The predicted molar refractivity (Wildman–Crippen MR) is 78.5 cm³/mol. The van der Waals surface area contributed by atoms with Crippen molar-refractivity contribution in [2.45, 2.75) is 13.1 Å². The van der Waals surface area contributed by atoms with Crippen molar-refractivity contribution in [3.8, 4) is 5.75 Å². The summed E-state index contributed by atoms with van der Waals surface area (Å²) in [4.78, 5) is 13.6. The van der Waals surface area contributed by atoms with Crippen LogP contribution in [0, 0.1) is 0 Å². The van der Waals surface area contributed by atoms with Gasteiger partial charge in [-0.3, -0.25) is 15.1 Å². The quantitative estimate of drug-likeness (QED) is 0.479. The number of hydrazine groups is 1. The van der Waals surface area contributed by atoms with E-state index in [4.69, 9.17) is 15.0 Å². The van der Waals surface area contributed by atoms with Crippen LogP contribution in [-0.4, -0.2) is 25.0 Å². The summed E-state index contributed by atoms with van der Waals surface area (Å²) in [5, 5.41) is 0. The van der Waals surface area contributed by atoms with E-state index in [9.17, 15) is 4.79 Å². The molecule has 0 aliphatic rings. The smallest absolute Gasteiger partial charge is 0.268 e. The van der Waals surface area contributed by atoms with Crippen LogP contribution in [0.4, 0.5) is 0 Å². The Morgan fingerprint density at radius 3 is 2.81 bits per heavy atom. The summed E-state index contributed by atoms with van der Waals surface area (Å²) in [5.74, 6) is 6.21. The van der Waals surface area contributed by atoms with Gasteiger partial charge in [0.15, 0.2) is 0 Å². The summed E-state index contributed by atoms with van der Waals surface area (Å²) < 4.78 is 10.7. The molecule has 1 heterocycles. The first-order valence-corrected chi connectivity index (χ1v) is 6.53. The number of para-hydroxylation sites is 1. The molecule has 0 fully saturated rings. The van der Waals surface area contributed by atoms with Crippen LogP contribution in [0.25, 0.3) is 0 Å². The van der Waals surface area contributed by atoms with Gasteiger partial charge in [0, 0.05) is 12.1 Å². The van der Waals surface area contributed by atoms with Gasteiger partial charge in [0.2, 0.25) is 0 Å². The van der Waals surface area contributed by atoms with Gasteiger partial charge >= 0.3 is 0 Å². The minimum atomic E-state index is -0.357. The summed E-state index contributed by atoms with van der Waals surface area (Å²) >= 11 is 0. The number of nitrogens with one attached hydrogen (secondary N) is 1. The molecule has 0 bridgehead atoms. The number of nitrogens with two attached hydrogens (primary N) is 1. The Balaban J connectivity index is 2.07. The van der Waals surface area contributed by atoms with Gasteiger partial charge in [0.25, 0.3) is 5.91 Å². The minimum Gasteiger partial charge on any atom is -0.496 e. The number of carbonyl (C=O) groups is 1. The molecule has 0 aliphatic carbocycles. The second kappa shape index (κ2) is 6.92. The van der Waals surface area contributed by atoms with Crippen molar-refractivity contribution >= 4 is 5.91 Å². The zero-order valence-corrected chi connectivity index (χ0v) is 12.1. The first-order chi connectivity index (χ1) is 10.2. The molecule has 1 aromatic carbocycles.